The lowest BCUT2D eigenvalue weighted by molar-refractivity contribution is 0.560. The fourth-order valence-corrected chi connectivity index (χ4v) is 2.24. The average molecular weight is 257 g/mol. The third-order valence-corrected chi connectivity index (χ3v) is 3.39. The molecule has 0 aliphatic carbocycles. The van der Waals surface area contributed by atoms with Gasteiger partial charge in [0.2, 0.25) is 0 Å². The highest BCUT2D eigenvalue weighted by Crippen LogP contribution is 2.28. The van der Waals surface area contributed by atoms with Crippen LogP contribution in [0.2, 0.25) is 0 Å². The molecule has 19 heavy (non-hydrogen) atoms. The normalized spacial score (nSPS) is 11.7. The molecule has 1 N–H and O–H groups in total. The van der Waals surface area contributed by atoms with Crippen molar-refractivity contribution >= 4 is 5.82 Å². The molecule has 0 saturated heterocycles. The first-order valence-electron chi connectivity index (χ1n) is 6.69. The van der Waals surface area contributed by atoms with E-state index in [2.05, 4.69) is 64.2 Å². The molecule has 0 radical (unpaired) electrons. The predicted molar refractivity (Wildman–Crippen MR) is 81.3 cm³/mol. The Morgan fingerprint density at radius 2 is 1.68 bits per heavy atom. The van der Waals surface area contributed by atoms with Gasteiger partial charge in [0, 0.05) is 18.5 Å². The van der Waals surface area contributed by atoms with E-state index in [-0.39, 0.29) is 5.41 Å². The molecule has 0 aliphatic rings. The van der Waals surface area contributed by atoms with E-state index in [1.807, 2.05) is 11.7 Å². The third-order valence-electron chi connectivity index (χ3n) is 3.39. The number of para-hydroxylation sites is 1. The summed E-state index contributed by atoms with van der Waals surface area (Å²) >= 11 is 0. The molecule has 1 aromatic heterocycles. The van der Waals surface area contributed by atoms with Crippen LogP contribution in [0.5, 0.6) is 0 Å². The second-order valence-corrected chi connectivity index (χ2v) is 6.07. The first-order valence-corrected chi connectivity index (χ1v) is 6.69. The summed E-state index contributed by atoms with van der Waals surface area (Å²) in [5.41, 5.74) is 4.79. The summed E-state index contributed by atoms with van der Waals surface area (Å²) in [5.74, 6) is 1.03. The van der Waals surface area contributed by atoms with Gasteiger partial charge in [0.25, 0.3) is 0 Å². The molecule has 102 valence electrons. The van der Waals surface area contributed by atoms with E-state index < -0.39 is 0 Å². The second kappa shape index (κ2) is 4.72. The van der Waals surface area contributed by atoms with Gasteiger partial charge in [0.05, 0.1) is 11.4 Å². The number of anilines is 1. The van der Waals surface area contributed by atoms with Gasteiger partial charge in [-0.2, -0.15) is 5.10 Å². The van der Waals surface area contributed by atoms with Gasteiger partial charge in [-0.15, -0.1) is 0 Å². The fraction of sp³-hybridized carbons (Fsp3) is 0.438. The minimum Gasteiger partial charge on any atom is -0.373 e. The van der Waals surface area contributed by atoms with Crippen molar-refractivity contribution in [3.8, 4) is 5.69 Å². The highest BCUT2D eigenvalue weighted by Gasteiger charge is 2.21. The summed E-state index contributed by atoms with van der Waals surface area (Å²) in [7, 11) is 1.94. The molecule has 0 saturated carbocycles. The van der Waals surface area contributed by atoms with Crippen molar-refractivity contribution in [1.29, 1.82) is 0 Å². The molecule has 0 fully saturated rings. The standard InChI is InChI=1S/C16H23N3/c1-11-8-7-9-12(2)15(11)19-14(17-6)10-13(18-19)16(3,4)5/h7-10,17H,1-6H3. The molecule has 0 aliphatic heterocycles. The molecule has 1 aromatic carbocycles. The molecule has 0 unspecified atom stereocenters. The van der Waals surface area contributed by atoms with Crippen LogP contribution in [0.15, 0.2) is 24.3 Å². The van der Waals surface area contributed by atoms with E-state index in [0.29, 0.717) is 0 Å². The molecule has 2 aromatic rings. The van der Waals surface area contributed by atoms with Crippen molar-refractivity contribution < 1.29 is 0 Å². The zero-order valence-electron chi connectivity index (χ0n) is 12.7. The molecule has 1 heterocycles. The van der Waals surface area contributed by atoms with Gasteiger partial charge >= 0.3 is 0 Å². The van der Waals surface area contributed by atoms with Crippen LogP contribution < -0.4 is 5.32 Å². The van der Waals surface area contributed by atoms with Crippen molar-refractivity contribution in [3.05, 3.63) is 41.1 Å². The average Bonchev–Trinajstić information content (AvgIpc) is 2.72. The molecule has 2 rings (SSSR count). The first-order chi connectivity index (χ1) is 8.84. The van der Waals surface area contributed by atoms with E-state index in [9.17, 15) is 0 Å². The molecular formula is C16H23N3. The maximum absolute atomic E-state index is 4.80. The molecule has 0 atom stereocenters. The first kappa shape index (κ1) is 13.7. The lowest BCUT2D eigenvalue weighted by Crippen LogP contribution is -2.13. The smallest absolute Gasteiger partial charge is 0.129 e. The maximum Gasteiger partial charge on any atom is 0.129 e. The van der Waals surface area contributed by atoms with Crippen LogP contribution in [0, 0.1) is 13.8 Å². The largest absolute Gasteiger partial charge is 0.373 e. The Bertz CT molecular complexity index is 568. The van der Waals surface area contributed by atoms with Gasteiger partial charge in [-0.25, -0.2) is 4.68 Å². The highest BCUT2D eigenvalue weighted by atomic mass is 15.3. The summed E-state index contributed by atoms with van der Waals surface area (Å²) in [4.78, 5) is 0. The molecular weight excluding hydrogens is 234 g/mol. The molecule has 3 nitrogen and oxygen atoms in total. The van der Waals surface area contributed by atoms with Gasteiger partial charge in [-0.05, 0) is 25.0 Å². The SMILES string of the molecule is CNc1cc(C(C)(C)C)nn1-c1c(C)cccc1C. The monoisotopic (exact) mass is 257 g/mol. The van der Waals surface area contributed by atoms with Gasteiger partial charge in [-0.3, -0.25) is 0 Å². The Morgan fingerprint density at radius 3 is 2.16 bits per heavy atom. The van der Waals surface area contributed by atoms with Crippen molar-refractivity contribution in [2.75, 3.05) is 12.4 Å². The van der Waals surface area contributed by atoms with Gasteiger partial charge in [0.15, 0.2) is 0 Å². The lowest BCUT2D eigenvalue weighted by atomic mass is 9.92. The molecule has 0 amide bonds. The van der Waals surface area contributed by atoms with Crippen LogP contribution in [0.1, 0.15) is 37.6 Å². The Balaban J connectivity index is 2.65. The van der Waals surface area contributed by atoms with Crippen molar-refractivity contribution in [3.63, 3.8) is 0 Å². The van der Waals surface area contributed by atoms with E-state index in [1.54, 1.807) is 0 Å². The van der Waals surface area contributed by atoms with Crippen molar-refractivity contribution in [1.82, 2.24) is 9.78 Å². The van der Waals surface area contributed by atoms with Crippen LogP contribution in [-0.2, 0) is 5.41 Å². The zero-order valence-corrected chi connectivity index (χ0v) is 12.7. The second-order valence-electron chi connectivity index (χ2n) is 6.07. The van der Waals surface area contributed by atoms with Gasteiger partial charge < -0.3 is 5.32 Å². The summed E-state index contributed by atoms with van der Waals surface area (Å²) in [6, 6.07) is 8.47. The molecule has 0 spiro atoms. The van der Waals surface area contributed by atoms with E-state index in [4.69, 9.17) is 5.10 Å². The maximum atomic E-state index is 4.80. The Labute approximate surface area is 115 Å². The summed E-state index contributed by atoms with van der Waals surface area (Å²) in [6.07, 6.45) is 0. The van der Waals surface area contributed by atoms with E-state index in [1.165, 1.54) is 16.8 Å². The minimum atomic E-state index is 0.0490. The van der Waals surface area contributed by atoms with Gasteiger partial charge in [0.1, 0.15) is 5.82 Å². The summed E-state index contributed by atoms with van der Waals surface area (Å²) < 4.78 is 2.02. The number of aromatic nitrogens is 2. The van der Waals surface area contributed by atoms with Crippen LogP contribution in [0.25, 0.3) is 5.69 Å². The van der Waals surface area contributed by atoms with Crippen LogP contribution in [0.3, 0.4) is 0 Å². The summed E-state index contributed by atoms with van der Waals surface area (Å²) in [6.45, 7) is 10.8. The number of benzene rings is 1. The van der Waals surface area contributed by atoms with Crippen LogP contribution in [-0.4, -0.2) is 16.8 Å². The van der Waals surface area contributed by atoms with Gasteiger partial charge in [-0.1, -0.05) is 39.0 Å². The lowest BCUT2D eigenvalue weighted by Gasteiger charge is -2.15. The third kappa shape index (κ3) is 2.50. The van der Waals surface area contributed by atoms with Crippen molar-refractivity contribution in [2.45, 2.75) is 40.0 Å². The number of rotatable bonds is 2. The minimum absolute atomic E-state index is 0.0490. The number of nitrogens with one attached hydrogen (secondary N) is 1. The Morgan fingerprint density at radius 1 is 1.11 bits per heavy atom. The number of aryl methyl sites for hydroxylation is 2. The fourth-order valence-electron chi connectivity index (χ4n) is 2.24. The quantitative estimate of drug-likeness (QED) is 0.886. The number of hydrogen-bond acceptors (Lipinski definition) is 2. The van der Waals surface area contributed by atoms with E-state index >= 15 is 0 Å². The molecule has 3 heteroatoms. The van der Waals surface area contributed by atoms with Crippen molar-refractivity contribution in [2.24, 2.45) is 0 Å². The number of hydrogen-bond donors (Lipinski definition) is 1. The highest BCUT2D eigenvalue weighted by molar-refractivity contribution is 5.53. The topological polar surface area (TPSA) is 29.9 Å². The van der Waals surface area contributed by atoms with Crippen LogP contribution in [0.4, 0.5) is 5.82 Å². The zero-order chi connectivity index (χ0) is 14.2. The Kier molecular flexibility index (Phi) is 3.40. The summed E-state index contributed by atoms with van der Waals surface area (Å²) in [5, 5.41) is 8.04. The van der Waals surface area contributed by atoms with Crippen LogP contribution >= 0.6 is 0 Å². The molecule has 0 bridgehead atoms. The predicted octanol–water partition coefficient (Wildman–Crippen LogP) is 3.83. The van der Waals surface area contributed by atoms with E-state index in [0.717, 1.165) is 11.5 Å². The Hall–Kier alpha value is -1.77. The number of nitrogens with zero attached hydrogens (tertiary/aromatic N) is 2.